The van der Waals surface area contributed by atoms with Crippen LogP contribution in [0.25, 0.3) is 0 Å². The summed E-state index contributed by atoms with van der Waals surface area (Å²) in [6.45, 7) is 8.34. The summed E-state index contributed by atoms with van der Waals surface area (Å²) >= 11 is 0. The summed E-state index contributed by atoms with van der Waals surface area (Å²) in [6.07, 6.45) is 0. The number of sulfonamides is 2. The Hall–Kier alpha value is -0.710. The highest BCUT2D eigenvalue weighted by atomic mass is 32.3. The van der Waals surface area contributed by atoms with E-state index in [1.807, 2.05) is 13.8 Å². The van der Waals surface area contributed by atoms with Crippen molar-refractivity contribution in [3.8, 4) is 0 Å². The van der Waals surface area contributed by atoms with Gasteiger partial charge in [0, 0.05) is 0 Å². The highest BCUT2D eigenvalue weighted by Gasteiger charge is 2.33. The molecule has 0 fully saturated rings. The Morgan fingerprint density at radius 3 is 1.77 bits per heavy atom. The predicted molar refractivity (Wildman–Crippen MR) is 83.5 cm³/mol. The van der Waals surface area contributed by atoms with Crippen LogP contribution in [0.3, 0.4) is 0 Å². The normalized spacial score (nSPS) is 12.8. The van der Waals surface area contributed by atoms with Crippen LogP contribution in [0.5, 0.6) is 0 Å². The number of hydrogen-bond acceptors (Lipinski definition) is 6. The molecule has 22 heavy (non-hydrogen) atoms. The van der Waals surface area contributed by atoms with Gasteiger partial charge in [0.25, 0.3) is 0 Å². The molecule has 0 aromatic carbocycles. The number of carbonyl (C=O) groups is 1. The number of esters is 1. The van der Waals surface area contributed by atoms with Crippen LogP contribution in [0.1, 0.15) is 27.7 Å². The molecule has 0 aromatic heterocycles. The number of likely N-dealkylation sites (N-methyl/N-ethyl adjacent to an activating group) is 1. The maximum atomic E-state index is 11.9. The fraction of sp³-hybridized carbons (Fsp3) is 0.917. The van der Waals surface area contributed by atoms with Crippen molar-refractivity contribution in [1.29, 1.82) is 0 Å². The standard InChI is InChI=1S/C12H26N2O6S2/c1-5-13(6-2)9-10-20-12(15)11-14(21(16,17)7-3)22(18,19)8-4/h5-11H2,1-4H3/p+1. The molecule has 10 heteroatoms. The van der Waals surface area contributed by atoms with Crippen LogP contribution < -0.4 is 4.90 Å². The molecule has 0 radical (unpaired) electrons. The van der Waals surface area contributed by atoms with Gasteiger partial charge < -0.3 is 9.64 Å². The van der Waals surface area contributed by atoms with Crippen molar-refractivity contribution in [2.24, 2.45) is 0 Å². The van der Waals surface area contributed by atoms with Crippen LogP contribution in [-0.2, 0) is 29.6 Å². The third-order valence-electron chi connectivity index (χ3n) is 3.33. The fourth-order valence-electron chi connectivity index (χ4n) is 1.72. The molecule has 0 atom stereocenters. The van der Waals surface area contributed by atoms with Gasteiger partial charge >= 0.3 is 5.97 Å². The van der Waals surface area contributed by atoms with Gasteiger partial charge in [-0.25, -0.2) is 16.8 Å². The smallest absolute Gasteiger partial charge is 0.322 e. The number of rotatable bonds is 11. The van der Waals surface area contributed by atoms with Crippen LogP contribution in [0.4, 0.5) is 0 Å². The van der Waals surface area contributed by atoms with Crippen LogP contribution in [0, 0.1) is 0 Å². The minimum absolute atomic E-state index is 0.127. The maximum absolute atomic E-state index is 11.9. The minimum atomic E-state index is -4.04. The highest BCUT2D eigenvalue weighted by molar-refractivity contribution is 8.04. The van der Waals surface area contributed by atoms with Gasteiger partial charge in [-0.2, -0.15) is 0 Å². The Balaban J connectivity index is 4.80. The Kier molecular flexibility index (Phi) is 9.13. The molecule has 0 amide bonds. The molecule has 1 N–H and O–H groups in total. The Morgan fingerprint density at radius 2 is 1.41 bits per heavy atom. The van der Waals surface area contributed by atoms with Gasteiger partial charge in [-0.05, 0) is 27.7 Å². The van der Waals surface area contributed by atoms with E-state index in [-0.39, 0.29) is 10.3 Å². The molecule has 0 saturated heterocycles. The zero-order chi connectivity index (χ0) is 17.4. The van der Waals surface area contributed by atoms with Gasteiger partial charge in [-0.3, -0.25) is 4.79 Å². The number of nitrogens with one attached hydrogen (secondary N) is 1. The molecule has 0 bridgehead atoms. The molecule has 0 unspecified atom stereocenters. The van der Waals surface area contributed by atoms with Crippen molar-refractivity contribution >= 4 is 26.0 Å². The lowest BCUT2D eigenvalue weighted by Gasteiger charge is -2.20. The average Bonchev–Trinajstić information content (AvgIpc) is 2.48. The van der Waals surface area contributed by atoms with E-state index in [0.717, 1.165) is 13.1 Å². The average molecular weight is 359 g/mol. The second-order valence-corrected chi connectivity index (χ2v) is 9.25. The van der Waals surface area contributed by atoms with Gasteiger partial charge in [-0.1, -0.05) is 3.71 Å². The quantitative estimate of drug-likeness (QED) is 0.448. The third-order valence-corrected chi connectivity index (χ3v) is 7.65. The van der Waals surface area contributed by atoms with Gasteiger partial charge in [0.1, 0.15) is 19.7 Å². The van der Waals surface area contributed by atoms with Crippen LogP contribution in [0.2, 0.25) is 0 Å². The first-order chi connectivity index (χ1) is 10.1. The first-order valence-electron chi connectivity index (χ1n) is 7.36. The van der Waals surface area contributed by atoms with Crippen molar-refractivity contribution in [3.05, 3.63) is 0 Å². The van der Waals surface area contributed by atoms with E-state index in [0.29, 0.717) is 6.54 Å². The fourth-order valence-corrected chi connectivity index (χ4v) is 4.92. The largest absolute Gasteiger partial charge is 0.459 e. The summed E-state index contributed by atoms with van der Waals surface area (Å²) in [5, 5.41) is 0. The lowest BCUT2D eigenvalue weighted by atomic mass is 10.5. The molecule has 0 aliphatic heterocycles. The van der Waals surface area contributed by atoms with Gasteiger partial charge in [0.05, 0.1) is 24.6 Å². The van der Waals surface area contributed by atoms with Gasteiger partial charge in [0.2, 0.25) is 20.0 Å². The zero-order valence-corrected chi connectivity index (χ0v) is 15.3. The Labute approximate surface area is 133 Å². The van der Waals surface area contributed by atoms with E-state index < -0.39 is 44.1 Å². The van der Waals surface area contributed by atoms with Crippen molar-refractivity contribution in [1.82, 2.24) is 3.71 Å². The lowest BCUT2D eigenvalue weighted by Crippen LogP contribution is -3.11. The summed E-state index contributed by atoms with van der Waals surface area (Å²) in [7, 11) is -8.07. The summed E-state index contributed by atoms with van der Waals surface area (Å²) in [5.74, 6) is -1.66. The lowest BCUT2D eigenvalue weighted by molar-refractivity contribution is -0.896. The Bertz CT molecular complexity index is 506. The number of nitrogens with zero attached hydrogens (tertiary/aromatic N) is 1. The summed E-state index contributed by atoms with van der Waals surface area (Å²) in [6, 6.07) is 0. The van der Waals surface area contributed by atoms with Gasteiger partial charge in [-0.15, -0.1) is 0 Å². The van der Waals surface area contributed by atoms with Crippen LogP contribution >= 0.6 is 0 Å². The first kappa shape index (κ1) is 21.3. The van der Waals surface area contributed by atoms with Crippen molar-refractivity contribution in [3.63, 3.8) is 0 Å². The summed E-state index contributed by atoms with van der Waals surface area (Å²) in [5.41, 5.74) is 0. The summed E-state index contributed by atoms with van der Waals surface area (Å²) < 4.78 is 52.6. The van der Waals surface area contributed by atoms with Gasteiger partial charge in [0.15, 0.2) is 0 Å². The highest BCUT2D eigenvalue weighted by Crippen LogP contribution is 2.10. The molecule has 8 nitrogen and oxygen atoms in total. The molecule has 0 aliphatic carbocycles. The predicted octanol–water partition coefficient (Wildman–Crippen LogP) is -1.54. The minimum Gasteiger partial charge on any atom is -0.459 e. The molecular formula is C12H27N2O6S2+. The number of ether oxygens (including phenoxy) is 1. The molecule has 0 saturated carbocycles. The van der Waals surface area contributed by atoms with Crippen molar-refractivity contribution < 1.29 is 31.3 Å². The second-order valence-electron chi connectivity index (χ2n) is 4.66. The van der Waals surface area contributed by atoms with Crippen molar-refractivity contribution in [2.75, 3.05) is 44.3 Å². The van der Waals surface area contributed by atoms with Crippen LogP contribution in [-0.4, -0.2) is 70.8 Å². The SMILES string of the molecule is CC[NH+](CC)CCOC(=O)CN(S(=O)(=O)CC)S(=O)(=O)CC. The number of quaternary nitrogens is 1. The molecule has 0 heterocycles. The maximum Gasteiger partial charge on any atom is 0.322 e. The van der Waals surface area contributed by atoms with E-state index in [2.05, 4.69) is 0 Å². The summed E-state index contributed by atoms with van der Waals surface area (Å²) in [4.78, 5) is 13.0. The molecule has 0 rings (SSSR count). The molecule has 0 aromatic rings. The van der Waals surface area contributed by atoms with E-state index >= 15 is 0 Å². The first-order valence-corrected chi connectivity index (χ1v) is 10.6. The van der Waals surface area contributed by atoms with Crippen molar-refractivity contribution in [2.45, 2.75) is 27.7 Å². The zero-order valence-electron chi connectivity index (χ0n) is 13.7. The van der Waals surface area contributed by atoms with E-state index in [1.54, 1.807) is 0 Å². The number of hydrogen-bond donors (Lipinski definition) is 1. The molecule has 0 spiro atoms. The number of carbonyl (C=O) groups excluding carboxylic acids is 1. The van der Waals surface area contributed by atoms with E-state index in [4.69, 9.17) is 4.74 Å². The molecular weight excluding hydrogens is 332 g/mol. The van der Waals surface area contributed by atoms with E-state index in [1.165, 1.54) is 18.7 Å². The van der Waals surface area contributed by atoms with Crippen LogP contribution in [0.15, 0.2) is 0 Å². The molecule has 0 aliphatic rings. The Morgan fingerprint density at radius 1 is 0.955 bits per heavy atom. The third kappa shape index (κ3) is 6.59. The second kappa shape index (κ2) is 9.43. The van der Waals surface area contributed by atoms with E-state index in [9.17, 15) is 21.6 Å². The molecule has 132 valence electrons. The topological polar surface area (TPSA) is 102 Å². The monoisotopic (exact) mass is 359 g/mol.